The number of carbonyl (C=O) groups is 3. The Hall–Kier alpha value is -1.49. The molecule has 0 fully saturated rings. The monoisotopic (exact) mass is 365 g/mol. The summed E-state index contributed by atoms with van der Waals surface area (Å²) < 4.78 is 0. The largest absolute Gasteiger partial charge is 0.399 e. The number of rotatable bonds is 10. The molecule has 148 valence electrons. The van der Waals surface area contributed by atoms with E-state index >= 15 is 0 Å². The fourth-order valence-electron chi connectivity index (χ4n) is 3.36. The number of hydrogen-bond donors (Lipinski definition) is 2. The van der Waals surface area contributed by atoms with E-state index in [0.29, 0.717) is 37.5 Å². The standard InChI is InChI=1S/C21H35NO4/c1-7-14(6)18(24)17-19(25)15(10-8-12(2)3)21(26,20(17)22)16(23)11-9-13(4)5/h12-15,26H,7-11,22H2,1-6H3/t14?,15-,21-/m1/s1. The van der Waals surface area contributed by atoms with Crippen molar-refractivity contribution >= 4 is 17.3 Å². The molecule has 0 saturated heterocycles. The molecule has 0 amide bonds. The second-order valence-corrected chi connectivity index (χ2v) is 8.47. The molecule has 0 aromatic carbocycles. The third kappa shape index (κ3) is 4.43. The van der Waals surface area contributed by atoms with Crippen LogP contribution in [0.25, 0.3) is 0 Å². The van der Waals surface area contributed by atoms with Gasteiger partial charge in [0.2, 0.25) is 0 Å². The van der Waals surface area contributed by atoms with Crippen molar-refractivity contribution < 1.29 is 19.5 Å². The summed E-state index contributed by atoms with van der Waals surface area (Å²) in [7, 11) is 0. The first-order valence-electron chi connectivity index (χ1n) is 9.82. The van der Waals surface area contributed by atoms with Crippen LogP contribution in [-0.2, 0) is 14.4 Å². The Balaban J connectivity index is 3.31. The van der Waals surface area contributed by atoms with Gasteiger partial charge in [0, 0.05) is 12.3 Å². The van der Waals surface area contributed by atoms with E-state index in [4.69, 9.17) is 5.73 Å². The molecule has 1 aliphatic rings. The van der Waals surface area contributed by atoms with Gasteiger partial charge in [-0.1, -0.05) is 48.0 Å². The van der Waals surface area contributed by atoms with Crippen LogP contribution in [0.2, 0.25) is 0 Å². The Labute approximate surface area is 157 Å². The van der Waals surface area contributed by atoms with Crippen molar-refractivity contribution in [1.29, 1.82) is 0 Å². The molecule has 26 heavy (non-hydrogen) atoms. The molecule has 5 heteroatoms. The van der Waals surface area contributed by atoms with E-state index in [2.05, 4.69) is 0 Å². The van der Waals surface area contributed by atoms with Crippen LogP contribution in [-0.4, -0.2) is 28.1 Å². The zero-order chi connectivity index (χ0) is 20.2. The summed E-state index contributed by atoms with van der Waals surface area (Å²) >= 11 is 0. The average molecular weight is 366 g/mol. The summed E-state index contributed by atoms with van der Waals surface area (Å²) in [6, 6.07) is 0. The van der Waals surface area contributed by atoms with Gasteiger partial charge in [0.05, 0.1) is 17.2 Å². The van der Waals surface area contributed by atoms with E-state index < -0.39 is 23.1 Å². The topological polar surface area (TPSA) is 97.5 Å². The van der Waals surface area contributed by atoms with Gasteiger partial charge < -0.3 is 10.8 Å². The number of ketones is 3. The number of hydrogen-bond acceptors (Lipinski definition) is 5. The molecule has 0 aromatic heterocycles. The summed E-state index contributed by atoms with van der Waals surface area (Å²) in [5, 5.41) is 11.3. The highest BCUT2D eigenvalue weighted by Crippen LogP contribution is 2.41. The van der Waals surface area contributed by atoms with Gasteiger partial charge >= 0.3 is 0 Å². The lowest BCUT2D eigenvalue weighted by Gasteiger charge is -2.29. The Morgan fingerprint density at radius 1 is 1.12 bits per heavy atom. The third-order valence-electron chi connectivity index (χ3n) is 5.46. The van der Waals surface area contributed by atoms with Crippen molar-refractivity contribution in [1.82, 2.24) is 0 Å². The number of allylic oxidation sites excluding steroid dienone is 1. The van der Waals surface area contributed by atoms with Crippen LogP contribution in [0, 0.1) is 23.7 Å². The first kappa shape index (κ1) is 22.6. The zero-order valence-electron chi connectivity index (χ0n) is 17.1. The SMILES string of the molecule is CCC(C)C(=O)C1=C(N)[C@](O)(C(=O)CCC(C)C)[C@H](CCC(C)C)C1=O. The Bertz CT molecular complexity index is 591. The van der Waals surface area contributed by atoms with Crippen LogP contribution in [0.4, 0.5) is 0 Å². The van der Waals surface area contributed by atoms with Crippen molar-refractivity contribution in [3.63, 3.8) is 0 Å². The van der Waals surface area contributed by atoms with E-state index in [1.54, 1.807) is 6.92 Å². The first-order chi connectivity index (χ1) is 12.0. The molecule has 3 atom stereocenters. The highest BCUT2D eigenvalue weighted by Gasteiger charge is 2.57. The first-order valence-corrected chi connectivity index (χ1v) is 9.82. The van der Waals surface area contributed by atoms with Gasteiger partial charge in [0.15, 0.2) is 23.0 Å². The molecule has 0 heterocycles. The van der Waals surface area contributed by atoms with Crippen LogP contribution in [0.15, 0.2) is 11.3 Å². The van der Waals surface area contributed by atoms with Crippen LogP contribution < -0.4 is 5.73 Å². The lowest BCUT2D eigenvalue weighted by Crippen LogP contribution is -2.48. The summed E-state index contributed by atoms with van der Waals surface area (Å²) in [5.74, 6) is -1.99. The van der Waals surface area contributed by atoms with Crippen molar-refractivity contribution in [2.75, 3.05) is 0 Å². The normalized spacial score (nSPS) is 24.7. The minimum atomic E-state index is -2.04. The maximum atomic E-state index is 13.0. The van der Waals surface area contributed by atoms with Crippen molar-refractivity contribution in [2.45, 2.75) is 79.2 Å². The minimum Gasteiger partial charge on any atom is -0.399 e. The highest BCUT2D eigenvalue weighted by molar-refractivity contribution is 6.26. The molecule has 0 radical (unpaired) electrons. The van der Waals surface area contributed by atoms with E-state index in [0.717, 1.165) is 0 Å². The van der Waals surface area contributed by atoms with Gasteiger partial charge in [-0.25, -0.2) is 0 Å². The minimum absolute atomic E-state index is 0.144. The van der Waals surface area contributed by atoms with Gasteiger partial charge in [0.25, 0.3) is 0 Å². The quantitative estimate of drug-likeness (QED) is 0.579. The highest BCUT2D eigenvalue weighted by atomic mass is 16.3. The molecule has 0 aromatic rings. The smallest absolute Gasteiger partial charge is 0.175 e. The van der Waals surface area contributed by atoms with Gasteiger partial charge in [-0.2, -0.15) is 0 Å². The molecular weight excluding hydrogens is 330 g/mol. The molecule has 3 N–H and O–H groups in total. The average Bonchev–Trinajstić information content (AvgIpc) is 2.76. The van der Waals surface area contributed by atoms with Crippen molar-refractivity contribution in [3.8, 4) is 0 Å². The second kappa shape index (κ2) is 8.94. The third-order valence-corrected chi connectivity index (χ3v) is 5.46. The molecule has 1 rings (SSSR count). The van der Waals surface area contributed by atoms with Crippen LogP contribution >= 0.6 is 0 Å². The molecule has 1 unspecified atom stereocenters. The van der Waals surface area contributed by atoms with Crippen LogP contribution in [0.3, 0.4) is 0 Å². The maximum Gasteiger partial charge on any atom is 0.175 e. The maximum absolute atomic E-state index is 13.0. The number of carbonyl (C=O) groups excluding carboxylic acids is 3. The van der Waals surface area contributed by atoms with E-state index in [9.17, 15) is 19.5 Å². The molecule has 0 spiro atoms. The van der Waals surface area contributed by atoms with E-state index in [-0.39, 0.29) is 29.4 Å². The van der Waals surface area contributed by atoms with E-state index in [1.807, 2.05) is 34.6 Å². The lowest BCUT2D eigenvalue weighted by molar-refractivity contribution is -0.143. The van der Waals surface area contributed by atoms with Crippen LogP contribution in [0.5, 0.6) is 0 Å². The van der Waals surface area contributed by atoms with Gasteiger partial charge in [-0.15, -0.1) is 0 Å². The Kier molecular flexibility index (Phi) is 7.75. The van der Waals surface area contributed by atoms with Gasteiger partial charge in [0.1, 0.15) is 0 Å². The summed E-state index contributed by atoms with van der Waals surface area (Å²) in [4.78, 5) is 38.5. The molecule has 0 saturated carbocycles. The zero-order valence-corrected chi connectivity index (χ0v) is 17.1. The number of Topliss-reactive ketones (excluding diaryl/α,β-unsaturated/α-hetero) is 3. The molecule has 1 aliphatic carbocycles. The molecule has 0 bridgehead atoms. The second-order valence-electron chi connectivity index (χ2n) is 8.47. The fraction of sp³-hybridized carbons (Fsp3) is 0.762. The number of aliphatic hydroxyl groups is 1. The van der Waals surface area contributed by atoms with Crippen LogP contribution in [0.1, 0.15) is 73.6 Å². The molecular formula is C21H35NO4. The van der Waals surface area contributed by atoms with E-state index in [1.165, 1.54) is 0 Å². The summed E-state index contributed by atoms with van der Waals surface area (Å²) in [6.45, 7) is 11.6. The predicted octanol–water partition coefficient (Wildman–Crippen LogP) is 3.19. The molecule has 0 aliphatic heterocycles. The summed E-state index contributed by atoms with van der Waals surface area (Å²) in [5.41, 5.74) is 3.70. The fourth-order valence-corrected chi connectivity index (χ4v) is 3.36. The van der Waals surface area contributed by atoms with Gasteiger partial charge in [-0.3, -0.25) is 14.4 Å². The van der Waals surface area contributed by atoms with Crippen molar-refractivity contribution in [3.05, 3.63) is 11.3 Å². The Morgan fingerprint density at radius 2 is 1.65 bits per heavy atom. The Morgan fingerprint density at radius 3 is 2.12 bits per heavy atom. The predicted molar refractivity (Wildman–Crippen MR) is 102 cm³/mol. The molecule has 5 nitrogen and oxygen atoms in total. The summed E-state index contributed by atoms with van der Waals surface area (Å²) in [6.07, 6.45) is 2.34. The van der Waals surface area contributed by atoms with Gasteiger partial charge in [-0.05, 0) is 31.1 Å². The van der Waals surface area contributed by atoms with Crippen molar-refractivity contribution in [2.24, 2.45) is 29.4 Å². The number of nitrogens with two attached hydrogens (primary N) is 1. The lowest BCUT2D eigenvalue weighted by atomic mass is 9.78.